The number of methoxy groups -OCH3 is 1. The summed E-state index contributed by atoms with van der Waals surface area (Å²) < 4.78 is 50.8. The first-order valence-corrected chi connectivity index (χ1v) is 20.5. The summed E-state index contributed by atoms with van der Waals surface area (Å²) in [5.74, 6) is -1.95. The highest BCUT2D eigenvalue weighted by molar-refractivity contribution is 7.85. The number of pyridine rings is 1. The highest BCUT2D eigenvalue weighted by atomic mass is 32.2. The van der Waals surface area contributed by atoms with Crippen molar-refractivity contribution >= 4 is 44.9 Å². The van der Waals surface area contributed by atoms with E-state index < -0.39 is 75.0 Å². The van der Waals surface area contributed by atoms with E-state index >= 15 is 0 Å². The number of carbonyl (C=O) groups is 4. The third-order valence-corrected chi connectivity index (χ3v) is 11.9. The lowest BCUT2D eigenvalue weighted by molar-refractivity contribution is -0.142. The lowest BCUT2D eigenvalue weighted by Crippen LogP contribution is -2.59. The van der Waals surface area contributed by atoms with E-state index in [1.165, 1.54) is 11.0 Å². The molecule has 3 saturated carbocycles. The van der Waals surface area contributed by atoms with Gasteiger partial charge in [-0.2, -0.15) is 8.42 Å². The lowest BCUT2D eigenvalue weighted by Gasteiger charge is -2.32. The number of hydrogen-bond donors (Lipinski definition) is 3. The average Bonchev–Trinajstić information content (AvgIpc) is 3.87. The second-order valence-electron chi connectivity index (χ2n) is 16.3. The van der Waals surface area contributed by atoms with Gasteiger partial charge in [-0.25, -0.2) is 18.7 Å². The highest BCUT2D eigenvalue weighted by Gasteiger charge is 2.62. The summed E-state index contributed by atoms with van der Waals surface area (Å²) in [5, 5.41) is 7.10. The van der Waals surface area contributed by atoms with Gasteiger partial charge in [0, 0.05) is 23.9 Å². The maximum Gasteiger partial charge on any atom is 0.408 e. The monoisotopic (exact) mass is 783 g/mol. The van der Waals surface area contributed by atoms with Gasteiger partial charge in [-0.1, -0.05) is 32.3 Å². The number of amides is 4. The molecule has 2 aromatic rings. The number of nitrogens with zero attached hydrogens (tertiary/aromatic N) is 2. The first kappa shape index (κ1) is 40.2. The van der Waals surface area contributed by atoms with Crippen LogP contribution in [0.25, 0.3) is 10.8 Å². The quantitative estimate of drug-likeness (QED) is 0.216. The molecule has 1 aromatic heterocycles. The number of fused-ring (bicyclic) bond motifs is 1. The molecule has 6 rings (SSSR count). The molecule has 4 amide bonds. The first-order valence-electron chi connectivity index (χ1n) is 19.1. The third-order valence-electron chi connectivity index (χ3n) is 10.9. The lowest BCUT2D eigenvalue weighted by atomic mass is 9.96. The van der Waals surface area contributed by atoms with Crippen molar-refractivity contribution in [2.24, 2.45) is 11.8 Å². The molecule has 0 unspecified atom stereocenters. The number of nitrogens with one attached hydrogen (secondary N) is 3. The summed E-state index contributed by atoms with van der Waals surface area (Å²) >= 11 is 0. The van der Waals surface area contributed by atoms with Gasteiger partial charge < -0.3 is 29.7 Å². The molecule has 4 aliphatic rings. The van der Waals surface area contributed by atoms with Crippen LogP contribution in [0.5, 0.6) is 11.6 Å². The smallest absolute Gasteiger partial charge is 0.408 e. The number of hydrogen-bond acceptors (Lipinski definition) is 11. The van der Waals surface area contributed by atoms with Crippen molar-refractivity contribution in [3.05, 3.63) is 43.1 Å². The van der Waals surface area contributed by atoms with Gasteiger partial charge >= 0.3 is 16.4 Å². The summed E-state index contributed by atoms with van der Waals surface area (Å²) in [6, 6.07) is 5.11. The Labute approximate surface area is 322 Å². The molecule has 1 aliphatic heterocycles. The zero-order valence-corrected chi connectivity index (χ0v) is 33.0. The van der Waals surface area contributed by atoms with E-state index in [4.69, 9.17) is 18.4 Å². The van der Waals surface area contributed by atoms with Crippen molar-refractivity contribution in [3.63, 3.8) is 0 Å². The van der Waals surface area contributed by atoms with E-state index in [2.05, 4.69) is 22.2 Å². The molecule has 300 valence electrons. The summed E-state index contributed by atoms with van der Waals surface area (Å²) in [5.41, 5.74) is -3.28. The van der Waals surface area contributed by atoms with Crippen LogP contribution in [-0.2, 0) is 33.6 Å². The summed E-state index contributed by atoms with van der Waals surface area (Å²) in [6.45, 7) is 10.9. The third kappa shape index (κ3) is 9.17. The Bertz CT molecular complexity index is 1920. The summed E-state index contributed by atoms with van der Waals surface area (Å²) in [7, 11) is -2.93. The Hall–Kier alpha value is -4.44. The molecule has 4 fully saturated rings. The largest absolute Gasteiger partial charge is 0.497 e. The number of likely N-dealkylation sites (tertiary alicyclic amines) is 1. The standard InChI is InChI=1S/C39H53N5O10S/c1-7-16-38(17-18-38)54-55(49,50)43-35(47)39(22-26(39)8-2)42-32(45)30-21-28(52-33-29-14-13-27(51-6)20-25(29)15-19-40-33)23-44(30)34(46)31(24-11-9-10-12-24)41-36(48)53-37(3,4)5/h8,13-15,19-20,24,26,28,30-31H,2,7,9-12,16-18,21-23H2,1,3-6H3,(H,41,48)(H,42,45)(H,43,47)/t26-,28-,30+,31+,39-/m1/s1. The molecule has 3 aliphatic carbocycles. The van der Waals surface area contributed by atoms with Crippen LogP contribution in [0.2, 0.25) is 0 Å². The minimum Gasteiger partial charge on any atom is -0.497 e. The molecule has 0 bridgehead atoms. The number of benzene rings is 1. The van der Waals surface area contributed by atoms with E-state index in [0.29, 0.717) is 55.5 Å². The van der Waals surface area contributed by atoms with Gasteiger partial charge in [-0.3, -0.25) is 14.4 Å². The molecule has 2 heterocycles. The van der Waals surface area contributed by atoms with Gasteiger partial charge in [0.05, 0.1) is 19.3 Å². The van der Waals surface area contributed by atoms with Crippen molar-refractivity contribution in [3.8, 4) is 11.6 Å². The number of aromatic nitrogens is 1. The molecule has 0 radical (unpaired) electrons. The van der Waals surface area contributed by atoms with Gasteiger partial charge in [0.2, 0.25) is 17.7 Å². The molecule has 15 nitrogen and oxygen atoms in total. The molecular weight excluding hydrogens is 731 g/mol. The molecule has 5 atom stereocenters. The topological polar surface area (TPSA) is 192 Å². The van der Waals surface area contributed by atoms with Gasteiger partial charge in [0.25, 0.3) is 5.91 Å². The molecule has 16 heteroatoms. The van der Waals surface area contributed by atoms with E-state index in [9.17, 15) is 27.6 Å². The Morgan fingerprint density at radius 2 is 1.85 bits per heavy atom. The SMILES string of the molecule is C=C[C@@H]1C[C@]1(NC(=O)[C@@H]1C[C@@H](Oc2nccc3cc(OC)ccc23)CN1C(=O)[C@@H](NC(=O)OC(C)(C)C)C1CCCC1)C(=O)NS(=O)(=O)OC1(CCC)CC1. The van der Waals surface area contributed by atoms with Crippen LogP contribution in [0.3, 0.4) is 0 Å². The normalized spacial score (nSPS) is 25.1. The number of alkyl carbamates (subject to hydrolysis) is 1. The fourth-order valence-electron chi connectivity index (χ4n) is 7.93. The second kappa shape index (κ2) is 15.6. The van der Waals surface area contributed by atoms with Gasteiger partial charge in [0.1, 0.15) is 35.1 Å². The van der Waals surface area contributed by atoms with E-state index in [-0.39, 0.29) is 25.3 Å². The zero-order valence-electron chi connectivity index (χ0n) is 32.2. The maximum absolute atomic E-state index is 14.6. The van der Waals surface area contributed by atoms with Crippen LogP contribution < -0.4 is 24.8 Å². The van der Waals surface area contributed by atoms with Crippen molar-refractivity contribution in [2.75, 3.05) is 13.7 Å². The van der Waals surface area contributed by atoms with Crippen molar-refractivity contribution in [2.45, 2.75) is 127 Å². The second-order valence-corrected chi connectivity index (χ2v) is 17.5. The van der Waals surface area contributed by atoms with Gasteiger partial charge in [-0.05, 0) is 94.9 Å². The predicted octanol–water partition coefficient (Wildman–Crippen LogP) is 4.45. The molecule has 1 saturated heterocycles. The van der Waals surface area contributed by atoms with Crippen LogP contribution in [0, 0.1) is 11.8 Å². The fourth-order valence-corrected chi connectivity index (χ4v) is 9.10. The Morgan fingerprint density at radius 1 is 1.13 bits per heavy atom. The minimum atomic E-state index is -4.50. The molecule has 1 aromatic carbocycles. The molecular formula is C39H53N5O10S. The predicted molar refractivity (Wildman–Crippen MR) is 202 cm³/mol. The summed E-state index contributed by atoms with van der Waals surface area (Å²) in [4.78, 5) is 61.7. The van der Waals surface area contributed by atoms with Crippen LogP contribution in [-0.4, -0.2) is 90.7 Å². The van der Waals surface area contributed by atoms with Crippen LogP contribution in [0.15, 0.2) is 43.1 Å². The average molecular weight is 784 g/mol. The fraction of sp³-hybridized carbons (Fsp3) is 0.615. The van der Waals surface area contributed by atoms with E-state index in [1.807, 2.05) is 29.8 Å². The van der Waals surface area contributed by atoms with Crippen LogP contribution in [0.1, 0.15) is 91.9 Å². The maximum atomic E-state index is 14.6. The minimum absolute atomic E-state index is 0.0209. The number of rotatable bonds is 15. The highest BCUT2D eigenvalue weighted by Crippen LogP contribution is 2.47. The molecule has 55 heavy (non-hydrogen) atoms. The number of ether oxygens (including phenoxy) is 3. The molecule has 3 N–H and O–H groups in total. The van der Waals surface area contributed by atoms with E-state index in [1.54, 1.807) is 40.1 Å². The molecule has 0 spiro atoms. The van der Waals surface area contributed by atoms with Gasteiger partial charge in [-0.15, -0.1) is 6.58 Å². The van der Waals surface area contributed by atoms with Crippen molar-refractivity contribution in [1.29, 1.82) is 0 Å². The van der Waals surface area contributed by atoms with Crippen LogP contribution >= 0.6 is 0 Å². The van der Waals surface area contributed by atoms with Crippen LogP contribution in [0.4, 0.5) is 4.79 Å². The number of carbonyl (C=O) groups excluding carboxylic acids is 4. The zero-order chi connectivity index (χ0) is 39.8. The Morgan fingerprint density at radius 3 is 2.47 bits per heavy atom. The van der Waals surface area contributed by atoms with Crippen molar-refractivity contribution in [1.82, 2.24) is 25.2 Å². The van der Waals surface area contributed by atoms with Crippen molar-refractivity contribution < 1.29 is 46.0 Å². The Balaban J connectivity index is 1.27. The Kier molecular flexibility index (Phi) is 11.4. The van der Waals surface area contributed by atoms with Gasteiger partial charge in [0.15, 0.2) is 0 Å². The first-order chi connectivity index (χ1) is 26.0. The summed E-state index contributed by atoms with van der Waals surface area (Å²) in [6.07, 6.45) is 7.25. The van der Waals surface area contributed by atoms with E-state index in [0.717, 1.165) is 18.2 Å².